The molecule has 0 radical (unpaired) electrons. The van der Waals surface area contributed by atoms with E-state index in [4.69, 9.17) is 19.6 Å². The third-order valence-electron chi connectivity index (χ3n) is 6.32. The van der Waals surface area contributed by atoms with E-state index < -0.39 is 17.6 Å². The number of nitrogens with two attached hydrogens (primary N) is 1. The fourth-order valence-electron chi connectivity index (χ4n) is 4.81. The van der Waals surface area contributed by atoms with Crippen LogP contribution < -0.4 is 21.3 Å². The number of ether oxygens (including phenoxy) is 2. The Morgan fingerprint density at radius 1 is 1.23 bits per heavy atom. The normalized spacial score (nSPS) is 17.7. The summed E-state index contributed by atoms with van der Waals surface area (Å²) in [4.78, 5) is 37.3. The summed E-state index contributed by atoms with van der Waals surface area (Å²) in [7, 11) is 1.65. The van der Waals surface area contributed by atoms with Crippen molar-refractivity contribution in [1.82, 2.24) is 9.97 Å². The maximum absolute atomic E-state index is 13.7. The lowest BCUT2D eigenvalue weighted by Gasteiger charge is -2.37. The molecule has 210 valence electrons. The first-order chi connectivity index (χ1) is 18.5. The second kappa shape index (κ2) is 12.0. The molecular formula is C28H38N6O5. The highest BCUT2D eigenvalue weighted by molar-refractivity contribution is 6.16. The van der Waals surface area contributed by atoms with Gasteiger partial charge in [-0.3, -0.25) is 20.1 Å². The third-order valence-corrected chi connectivity index (χ3v) is 6.32. The molecule has 0 spiro atoms. The Kier molecular flexibility index (Phi) is 8.71. The lowest BCUT2D eigenvalue weighted by molar-refractivity contribution is 0.0633. The Morgan fingerprint density at radius 2 is 2.03 bits per heavy atom. The van der Waals surface area contributed by atoms with Gasteiger partial charge in [-0.05, 0) is 63.6 Å². The largest absolute Gasteiger partial charge is 0.444 e. The van der Waals surface area contributed by atoms with Gasteiger partial charge in [0, 0.05) is 45.2 Å². The molecule has 1 saturated heterocycles. The SMILES string of the molecule is COCCCc1cnc2c(C(=O)Nc3cnccc3N3C[C@H](C)C[C@H](N)C3)c(NC(=O)OC(C)(C)C)oc2c1. The van der Waals surface area contributed by atoms with E-state index in [1.807, 2.05) is 12.1 Å². The summed E-state index contributed by atoms with van der Waals surface area (Å²) in [5.74, 6) is -0.129. The Labute approximate surface area is 228 Å². The first-order valence-corrected chi connectivity index (χ1v) is 13.2. The Morgan fingerprint density at radius 3 is 2.74 bits per heavy atom. The van der Waals surface area contributed by atoms with Crippen molar-refractivity contribution < 1.29 is 23.5 Å². The van der Waals surface area contributed by atoms with Crippen LogP contribution in [0.3, 0.4) is 0 Å². The maximum Gasteiger partial charge on any atom is 0.414 e. The van der Waals surface area contributed by atoms with Crippen molar-refractivity contribution in [2.24, 2.45) is 11.7 Å². The number of piperidine rings is 1. The molecule has 11 nitrogen and oxygen atoms in total. The van der Waals surface area contributed by atoms with Crippen molar-refractivity contribution in [1.29, 1.82) is 0 Å². The number of nitrogens with one attached hydrogen (secondary N) is 2. The lowest BCUT2D eigenvalue weighted by Crippen LogP contribution is -2.46. The van der Waals surface area contributed by atoms with E-state index in [0.717, 1.165) is 37.1 Å². The number of aromatic nitrogens is 2. The zero-order chi connectivity index (χ0) is 28.2. The average Bonchev–Trinajstić information content (AvgIpc) is 3.19. The number of hydrogen-bond donors (Lipinski definition) is 3. The molecule has 0 aliphatic carbocycles. The zero-order valence-corrected chi connectivity index (χ0v) is 23.2. The number of rotatable bonds is 8. The van der Waals surface area contributed by atoms with E-state index >= 15 is 0 Å². The van der Waals surface area contributed by atoms with E-state index in [1.54, 1.807) is 46.5 Å². The quantitative estimate of drug-likeness (QED) is 0.351. The Bertz CT molecular complexity index is 1310. The molecule has 39 heavy (non-hydrogen) atoms. The average molecular weight is 539 g/mol. The highest BCUT2D eigenvalue weighted by atomic mass is 16.6. The molecule has 3 aromatic heterocycles. The van der Waals surface area contributed by atoms with Crippen LogP contribution in [0.5, 0.6) is 0 Å². The summed E-state index contributed by atoms with van der Waals surface area (Å²) in [6.45, 7) is 9.52. The fourth-order valence-corrected chi connectivity index (χ4v) is 4.81. The predicted octanol–water partition coefficient (Wildman–Crippen LogP) is 4.57. The second-order valence-corrected chi connectivity index (χ2v) is 11.1. The van der Waals surface area contributed by atoms with Gasteiger partial charge < -0.3 is 29.8 Å². The van der Waals surface area contributed by atoms with Gasteiger partial charge in [0.1, 0.15) is 16.7 Å². The van der Waals surface area contributed by atoms with Gasteiger partial charge in [0.2, 0.25) is 5.88 Å². The van der Waals surface area contributed by atoms with Crippen molar-refractivity contribution in [3.63, 3.8) is 0 Å². The molecule has 4 rings (SSSR count). The Balaban J connectivity index is 1.67. The monoisotopic (exact) mass is 538 g/mol. The van der Waals surface area contributed by atoms with Gasteiger partial charge in [0.05, 0.1) is 17.6 Å². The molecule has 0 aromatic carbocycles. The fraction of sp³-hybridized carbons (Fsp3) is 0.500. The maximum atomic E-state index is 13.7. The molecule has 1 aliphatic rings. The van der Waals surface area contributed by atoms with Gasteiger partial charge in [0.25, 0.3) is 5.91 Å². The van der Waals surface area contributed by atoms with E-state index in [-0.39, 0.29) is 17.5 Å². The molecule has 2 amide bonds. The molecule has 2 atom stereocenters. The van der Waals surface area contributed by atoms with Gasteiger partial charge in [0.15, 0.2) is 5.58 Å². The summed E-state index contributed by atoms with van der Waals surface area (Å²) >= 11 is 0. The summed E-state index contributed by atoms with van der Waals surface area (Å²) in [5, 5.41) is 5.55. The number of aryl methyl sites for hydroxylation is 1. The number of anilines is 3. The van der Waals surface area contributed by atoms with Crippen LogP contribution in [0.1, 0.15) is 56.5 Å². The van der Waals surface area contributed by atoms with Gasteiger partial charge in [-0.1, -0.05) is 6.92 Å². The minimum atomic E-state index is -0.741. The number of nitrogens with zero attached hydrogens (tertiary/aromatic N) is 3. The van der Waals surface area contributed by atoms with Crippen LogP contribution >= 0.6 is 0 Å². The summed E-state index contributed by atoms with van der Waals surface area (Å²) in [6, 6.07) is 3.72. The van der Waals surface area contributed by atoms with Crippen molar-refractivity contribution in [2.75, 3.05) is 42.3 Å². The molecule has 0 bridgehead atoms. The van der Waals surface area contributed by atoms with Gasteiger partial charge in [-0.25, -0.2) is 4.79 Å². The lowest BCUT2D eigenvalue weighted by atomic mass is 9.96. The van der Waals surface area contributed by atoms with Crippen LogP contribution in [0.15, 0.2) is 35.1 Å². The summed E-state index contributed by atoms with van der Waals surface area (Å²) in [5.41, 5.74) is 8.62. The molecule has 4 heterocycles. The van der Waals surface area contributed by atoms with Gasteiger partial charge in [-0.15, -0.1) is 0 Å². The predicted molar refractivity (Wildman–Crippen MR) is 150 cm³/mol. The van der Waals surface area contributed by atoms with E-state index in [9.17, 15) is 9.59 Å². The van der Waals surface area contributed by atoms with Gasteiger partial charge in [-0.2, -0.15) is 0 Å². The van der Waals surface area contributed by atoms with Crippen molar-refractivity contribution >= 4 is 40.4 Å². The summed E-state index contributed by atoms with van der Waals surface area (Å²) < 4.78 is 16.5. The minimum Gasteiger partial charge on any atom is -0.444 e. The van der Waals surface area contributed by atoms with Crippen LogP contribution in [0.2, 0.25) is 0 Å². The number of fused-ring (bicyclic) bond motifs is 1. The standard InChI is InChI=1S/C28H38N6O5/c1-17-11-19(29)16-34(15-17)21-8-9-30-14-20(21)32-25(35)23-24-22(12-18(13-31-24)7-6-10-37-5)38-26(23)33-27(36)39-28(2,3)4/h8-9,12-14,17,19H,6-7,10-11,15-16,29H2,1-5H3,(H,32,35)(H,33,36)/t17-,19+/m1/s1. The van der Waals surface area contributed by atoms with Crippen LogP contribution in [0, 0.1) is 5.92 Å². The van der Waals surface area contributed by atoms with Crippen molar-refractivity contribution in [3.05, 3.63) is 41.9 Å². The van der Waals surface area contributed by atoms with E-state index in [2.05, 4.69) is 32.4 Å². The number of furan rings is 1. The number of carbonyl (C=O) groups excluding carboxylic acids is 2. The van der Waals surface area contributed by atoms with Crippen LogP contribution in [-0.4, -0.2) is 60.4 Å². The number of pyridine rings is 2. The molecule has 0 saturated carbocycles. The van der Waals surface area contributed by atoms with Crippen LogP contribution in [-0.2, 0) is 15.9 Å². The molecule has 1 fully saturated rings. The molecule has 0 unspecified atom stereocenters. The first kappa shape index (κ1) is 28.3. The molecule has 3 aromatic rings. The van der Waals surface area contributed by atoms with Crippen LogP contribution in [0.4, 0.5) is 22.1 Å². The highest BCUT2D eigenvalue weighted by Crippen LogP contribution is 2.33. The number of amides is 2. The number of methoxy groups -OCH3 is 1. The Hall–Kier alpha value is -3.70. The smallest absolute Gasteiger partial charge is 0.414 e. The summed E-state index contributed by atoms with van der Waals surface area (Å²) in [6.07, 6.45) is 6.73. The minimum absolute atomic E-state index is 0.0372. The van der Waals surface area contributed by atoms with Crippen LogP contribution in [0.25, 0.3) is 11.1 Å². The molecule has 4 N–H and O–H groups in total. The number of hydrogen-bond acceptors (Lipinski definition) is 9. The zero-order valence-electron chi connectivity index (χ0n) is 23.2. The van der Waals surface area contributed by atoms with E-state index in [0.29, 0.717) is 35.9 Å². The van der Waals surface area contributed by atoms with Gasteiger partial charge >= 0.3 is 6.09 Å². The van der Waals surface area contributed by atoms with Crippen molar-refractivity contribution in [3.8, 4) is 0 Å². The topological polar surface area (TPSA) is 145 Å². The van der Waals surface area contributed by atoms with Crippen molar-refractivity contribution in [2.45, 2.75) is 58.6 Å². The number of carbonyl (C=O) groups is 2. The molecular weight excluding hydrogens is 500 g/mol. The second-order valence-electron chi connectivity index (χ2n) is 11.1. The van der Waals surface area contributed by atoms with E-state index in [1.165, 1.54) is 0 Å². The third kappa shape index (κ3) is 7.24. The first-order valence-electron chi connectivity index (χ1n) is 13.2. The molecule has 11 heteroatoms. The highest BCUT2D eigenvalue weighted by Gasteiger charge is 2.28. The molecule has 1 aliphatic heterocycles.